The van der Waals surface area contributed by atoms with Crippen LogP contribution in [0.2, 0.25) is 0 Å². The topological polar surface area (TPSA) is 91.6 Å². The largest absolute Gasteiger partial charge is 0.503 e. The molecule has 1 saturated heterocycles. The first-order valence-electron chi connectivity index (χ1n) is 9.38. The van der Waals surface area contributed by atoms with Crippen molar-refractivity contribution in [3.05, 3.63) is 63.1 Å². The van der Waals surface area contributed by atoms with Crippen LogP contribution >= 0.6 is 0 Å². The Hall–Kier alpha value is -3.23. The fraction of sp³-hybridized carbons (Fsp3) is 0.350. The number of hydrogen-bond acceptors (Lipinski definition) is 4. The van der Waals surface area contributed by atoms with Crippen LogP contribution in [0.3, 0.4) is 0 Å². The highest BCUT2D eigenvalue weighted by molar-refractivity contribution is 5.99. The summed E-state index contributed by atoms with van der Waals surface area (Å²) in [6.45, 7) is 0.368. The molecule has 0 bridgehead atoms. The van der Waals surface area contributed by atoms with Crippen molar-refractivity contribution in [2.75, 3.05) is 6.54 Å². The van der Waals surface area contributed by atoms with Gasteiger partial charge in [0, 0.05) is 30.9 Å². The van der Waals surface area contributed by atoms with E-state index in [1.54, 1.807) is 9.47 Å². The quantitative estimate of drug-likeness (QED) is 0.817. The van der Waals surface area contributed by atoms with E-state index in [0.717, 1.165) is 18.9 Å². The van der Waals surface area contributed by atoms with Gasteiger partial charge in [-0.3, -0.25) is 14.4 Å². The zero-order valence-corrected chi connectivity index (χ0v) is 15.2. The third kappa shape index (κ3) is 2.49. The van der Waals surface area contributed by atoms with Crippen LogP contribution in [0.25, 0.3) is 0 Å². The Kier molecular flexibility index (Phi) is 3.77. The minimum absolute atomic E-state index is 0.0288. The number of carbonyl (C=O) groups excluding carboxylic acids is 2. The number of nitrogens with one attached hydrogen (secondary N) is 1. The molecular formula is C20H17F2N3O4. The summed E-state index contributed by atoms with van der Waals surface area (Å²) in [6.07, 6.45) is 3.04. The van der Waals surface area contributed by atoms with Crippen LogP contribution in [-0.2, 0) is 6.54 Å². The Labute approximate surface area is 163 Å². The summed E-state index contributed by atoms with van der Waals surface area (Å²) < 4.78 is 28.3. The van der Waals surface area contributed by atoms with Gasteiger partial charge in [0.1, 0.15) is 17.2 Å². The highest BCUT2D eigenvalue weighted by Gasteiger charge is 2.55. The summed E-state index contributed by atoms with van der Waals surface area (Å²) in [5, 5.41) is 12.8. The summed E-state index contributed by atoms with van der Waals surface area (Å²) in [7, 11) is 0. The molecular weight excluding hydrogens is 384 g/mol. The molecule has 2 amide bonds. The number of amides is 2. The number of aromatic hydroxyl groups is 1. The molecule has 1 unspecified atom stereocenters. The van der Waals surface area contributed by atoms with Gasteiger partial charge in [-0.2, -0.15) is 0 Å². The molecule has 2 N–H and O–H groups in total. The smallest absolute Gasteiger partial charge is 0.274 e. The Balaban J connectivity index is 1.47. The lowest BCUT2D eigenvalue weighted by atomic mass is 9.87. The first-order chi connectivity index (χ1) is 13.9. The standard InChI is InChI=1S/C20H17F2N3O4/c21-11-3-1-9(13(22)5-11)6-23-19(28)12-8-24-14-4-2-10-7-25(15(10)14)20(29)16(24)18(27)17(12)26/h1,3,5,8,10,14-15,27H,2,4,6-7H2,(H,23,28)/t10?,14-,15-/m1/s1. The zero-order chi connectivity index (χ0) is 20.4. The first-order valence-corrected chi connectivity index (χ1v) is 9.38. The average molecular weight is 401 g/mol. The molecule has 1 aromatic carbocycles. The van der Waals surface area contributed by atoms with Crippen molar-refractivity contribution in [2.24, 2.45) is 5.92 Å². The van der Waals surface area contributed by atoms with Crippen molar-refractivity contribution in [1.29, 1.82) is 0 Å². The molecule has 1 aliphatic carbocycles. The van der Waals surface area contributed by atoms with Crippen LogP contribution in [0.15, 0.2) is 29.2 Å². The van der Waals surface area contributed by atoms with Crippen molar-refractivity contribution >= 4 is 11.8 Å². The Bertz CT molecular complexity index is 1130. The highest BCUT2D eigenvalue weighted by atomic mass is 19.1. The summed E-state index contributed by atoms with van der Waals surface area (Å²) in [4.78, 5) is 39.5. The Morgan fingerprint density at radius 3 is 2.79 bits per heavy atom. The maximum absolute atomic E-state index is 13.8. The van der Waals surface area contributed by atoms with E-state index < -0.39 is 34.6 Å². The number of carbonyl (C=O) groups is 2. The van der Waals surface area contributed by atoms with Crippen molar-refractivity contribution < 1.29 is 23.5 Å². The predicted molar refractivity (Wildman–Crippen MR) is 96.5 cm³/mol. The monoisotopic (exact) mass is 401 g/mol. The first kappa shape index (κ1) is 17.8. The maximum Gasteiger partial charge on any atom is 0.274 e. The van der Waals surface area contributed by atoms with Gasteiger partial charge < -0.3 is 19.9 Å². The summed E-state index contributed by atoms with van der Waals surface area (Å²) in [6, 6.07) is 2.91. The Morgan fingerprint density at radius 1 is 1.24 bits per heavy atom. The van der Waals surface area contributed by atoms with Crippen LogP contribution in [0.5, 0.6) is 5.75 Å². The summed E-state index contributed by atoms with van der Waals surface area (Å²) in [5.41, 5.74) is -1.30. The number of pyridine rings is 1. The number of benzene rings is 1. The second-order valence-corrected chi connectivity index (χ2v) is 7.75. The van der Waals surface area contributed by atoms with Crippen LogP contribution in [0, 0.1) is 17.6 Å². The van der Waals surface area contributed by atoms with Gasteiger partial charge in [0.2, 0.25) is 5.43 Å². The fourth-order valence-electron chi connectivity index (χ4n) is 4.79. The summed E-state index contributed by atoms with van der Waals surface area (Å²) in [5.74, 6) is -3.11. The highest BCUT2D eigenvalue weighted by Crippen LogP contribution is 2.49. The van der Waals surface area contributed by atoms with Crippen LogP contribution in [0.4, 0.5) is 8.78 Å². The van der Waals surface area contributed by atoms with Crippen molar-refractivity contribution in [3.8, 4) is 5.75 Å². The number of aromatic nitrogens is 1. The number of halogens is 2. The van der Waals surface area contributed by atoms with Gasteiger partial charge in [0.15, 0.2) is 11.4 Å². The minimum Gasteiger partial charge on any atom is -0.503 e. The van der Waals surface area contributed by atoms with Gasteiger partial charge in [-0.25, -0.2) is 8.78 Å². The molecule has 2 aromatic rings. The lowest BCUT2D eigenvalue weighted by Gasteiger charge is -2.50. The van der Waals surface area contributed by atoms with Crippen LogP contribution in [0.1, 0.15) is 45.3 Å². The molecule has 3 heterocycles. The lowest BCUT2D eigenvalue weighted by molar-refractivity contribution is 0.00387. The predicted octanol–water partition coefficient (Wildman–Crippen LogP) is 1.55. The molecule has 3 atom stereocenters. The molecule has 1 aromatic heterocycles. The molecule has 5 rings (SSSR count). The summed E-state index contributed by atoms with van der Waals surface area (Å²) >= 11 is 0. The molecule has 9 heteroatoms. The van der Waals surface area contributed by atoms with Gasteiger partial charge in [-0.1, -0.05) is 6.07 Å². The molecule has 150 valence electrons. The van der Waals surface area contributed by atoms with Gasteiger partial charge in [-0.15, -0.1) is 0 Å². The second kappa shape index (κ2) is 6.13. The number of rotatable bonds is 3. The molecule has 0 spiro atoms. The van der Waals surface area contributed by atoms with Crippen molar-refractivity contribution in [3.63, 3.8) is 0 Å². The fourth-order valence-corrected chi connectivity index (χ4v) is 4.79. The third-order valence-electron chi connectivity index (χ3n) is 6.23. The van der Waals surface area contributed by atoms with Gasteiger partial charge in [0.25, 0.3) is 11.8 Å². The van der Waals surface area contributed by atoms with E-state index in [4.69, 9.17) is 0 Å². The molecule has 2 aliphatic heterocycles. The third-order valence-corrected chi connectivity index (χ3v) is 6.23. The van der Waals surface area contributed by atoms with E-state index in [0.29, 0.717) is 18.5 Å². The normalized spacial score (nSPS) is 24.0. The van der Waals surface area contributed by atoms with Crippen LogP contribution in [-0.4, -0.2) is 39.0 Å². The van der Waals surface area contributed by atoms with Gasteiger partial charge in [-0.05, 0) is 24.8 Å². The molecule has 3 aliphatic rings. The van der Waals surface area contributed by atoms with Gasteiger partial charge >= 0.3 is 0 Å². The lowest BCUT2D eigenvalue weighted by Crippen LogP contribution is -2.62. The van der Waals surface area contributed by atoms with E-state index in [-0.39, 0.29) is 35.4 Å². The molecule has 1 saturated carbocycles. The van der Waals surface area contributed by atoms with Crippen molar-refractivity contribution in [1.82, 2.24) is 14.8 Å². The molecule has 7 nitrogen and oxygen atoms in total. The minimum atomic E-state index is -0.949. The van der Waals surface area contributed by atoms with E-state index in [1.807, 2.05) is 0 Å². The molecule has 29 heavy (non-hydrogen) atoms. The zero-order valence-electron chi connectivity index (χ0n) is 15.2. The molecule has 2 fully saturated rings. The number of nitrogens with zero attached hydrogens (tertiary/aromatic N) is 2. The van der Waals surface area contributed by atoms with Gasteiger partial charge in [0.05, 0.1) is 12.1 Å². The SMILES string of the molecule is O=C(NCc1ccc(F)cc1F)c1cn2c(c(O)c1=O)C(=O)N1CC3CC[C@@H]2[C@@H]31. The van der Waals surface area contributed by atoms with E-state index in [9.17, 15) is 28.3 Å². The van der Waals surface area contributed by atoms with E-state index >= 15 is 0 Å². The number of fused-ring (bicyclic) bond motifs is 2. The van der Waals surface area contributed by atoms with Crippen molar-refractivity contribution in [2.45, 2.75) is 31.5 Å². The van der Waals surface area contributed by atoms with Crippen LogP contribution < -0.4 is 10.7 Å². The average Bonchev–Trinajstić information content (AvgIpc) is 3.01. The molecule has 0 radical (unpaired) electrons. The maximum atomic E-state index is 13.8. The van der Waals surface area contributed by atoms with E-state index in [2.05, 4.69) is 5.32 Å². The number of hydrogen-bond donors (Lipinski definition) is 2. The van der Waals surface area contributed by atoms with E-state index in [1.165, 1.54) is 12.3 Å². The second-order valence-electron chi connectivity index (χ2n) is 7.75. The Morgan fingerprint density at radius 2 is 2.03 bits per heavy atom.